The molecule has 0 atom stereocenters. The van der Waals surface area contributed by atoms with Gasteiger partial charge in [0, 0.05) is 11.6 Å². The number of benzene rings is 1. The van der Waals surface area contributed by atoms with Gasteiger partial charge in [-0.1, -0.05) is 37.0 Å². The summed E-state index contributed by atoms with van der Waals surface area (Å²) in [4.78, 5) is 0. The first-order valence-electron chi connectivity index (χ1n) is 4.99. The Bertz CT molecular complexity index is 380. The molecule has 0 fully saturated rings. The fourth-order valence-corrected chi connectivity index (χ4v) is 1.59. The number of rotatable bonds is 3. The first-order chi connectivity index (χ1) is 7.49. The maximum Gasteiger partial charge on any atom is 0.170 e. The van der Waals surface area contributed by atoms with Crippen molar-refractivity contribution in [2.45, 2.75) is 13.8 Å². The molecule has 0 amide bonds. The molecular weight excluding hydrogens is 263 g/mol. The summed E-state index contributed by atoms with van der Waals surface area (Å²) in [6, 6.07) is 5.21. The second-order valence-electron chi connectivity index (χ2n) is 3.85. The van der Waals surface area contributed by atoms with Crippen LogP contribution in [0.5, 0.6) is 0 Å². The molecule has 1 aromatic rings. The summed E-state index contributed by atoms with van der Waals surface area (Å²) < 4.78 is 0. The summed E-state index contributed by atoms with van der Waals surface area (Å²) in [5.74, 6) is 0.537. The summed E-state index contributed by atoms with van der Waals surface area (Å²) in [5.41, 5.74) is 0.718. The van der Waals surface area contributed by atoms with E-state index in [1.165, 1.54) is 0 Å². The number of hydrogen-bond donors (Lipinski definition) is 2. The highest BCUT2D eigenvalue weighted by Crippen LogP contribution is 2.25. The van der Waals surface area contributed by atoms with Crippen LogP contribution in [-0.4, -0.2) is 11.7 Å². The zero-order valence-electron chi connectivity index (χ0n) is 9.18. The number of thiocarbonyl (C=S) groups is 1. The van der Waals surface area contributed by atoms with Gasteiger partial charge in [0.25, 0.3) is 0 Å². The first kappa shape index (κ1) is 13.6. The molecular formula is C11H14Cl2N2S. The Kier molecular flexibility index (Phi) is 5.32. The second-order valence-corrected chi connectivity index (χ2v) is 5.10. The molecule has 0 unspecified atom stereocenters. The van der Waals surface area contributed by atoms with E-state index in [0.29, 0.717) is 21.1 Å². The van der Waals surface area contributed by atoms with Crippen LogP contribution in [-0.2, 0) is 0 Å². The SMILES string of the molecule is CC(C)CNC(=S)Nc1cc(Cl)ccc1Cl. The van der Waals surface area contributed by atoms with Gasteiger partial charge in [-0.15, -0.1) is 0 Å². The van der Waals surface area contributed by atoms with E-state index in [9.17, 15) is 0 Å². The van der Waals surface area contributed by atoms with Gasteiger partial charge >= 0.3 is 0 Å². The predicted octanol–water partition coefficient (Wildman–Crippen LogP) is 3.94. The zero-order valence-corrected chi connectivity index (χ0v) is 11.5. The van der Waals surface area contributed by atoms with Gasteiger partial charge in [-0.05, 0) is 36.3 Å². The van der Waals surface area contributed by atoms with Crippen LogP contribution in [0, 0.1) is 5.92 Å². The van der Waals surface area contributed by atoms with E-state index in [0.717, 1.165) is 12.2 Å². The minimum atomic E-state index is 0.537. The molecule has 5 heteroatoms. The molecule has 16 heavy (non-hydrogen) atoms. The average molecular weight is 277 g/mol. The standard InChI is InChI=1S/C11H14Cl2N2S/c1-7(2)6-14-11(16)15-10-5-8(12)3-4-9(10)13/h3-5,7H,6H2,1-2H3,(H2,14,15,16). The third kappa shape index (κ3) is 4.56. The molecule has 2 N–H and O–H groups in total. The van der Waals surface area contributed by atoms with E-state index >= 15 is 0 Å². The zero-order chi connectivity index (χ0) is 12.1. The predicted molar refractivity (Wildman–Crippen MR) is 75.5 cm³/mol. The van der Waals surface area contributed by atoms with E-state index in [1.807, 2.05) is 0 Å². The largest absolute Gasteiger partial charge is 0.362 e. The van der Waals surface area contributed by atoms with Crippen molar-refractivity contribution >= 4 is 46.2 Å². The number of halogens is 2. The average Bonchev–Trinajstić information content (AvgIpc) is 2.20. The highest BCUT2D eigenvalue weighted by molar-refractivity contribution is 7.80. The Labute approximate surface area is 111 Å². The summed E-state index contributed by atoms with van der Waals surface area (Å²) in [6.45, 7) is 5.05. The van der Waals surface area contributed by atoms with E-state index in [4.69, 9.17) is 35.4 Å². The van der Waals surface area contributed by atoms with Crippen molar-refractivity contribution in [3.05, 3.63) is 28.2 Å². The van der Waals surface area contributed by atoms with Crippen molar-refractivity contribution in [1.29, 1.82) is 0 Å². The molecule has 0 aliphatic carbocycles. The second kappa shape index (κ2) is 6.28. The molecule has 1 rings (SSSR count). The molecule has 88 valence electrons. The summed E-state index contributed by atoms with van der Waals surface area (Å²) in [5, 5.41) is 7.88. The van der Waals surface area contributed by atoms with Crippen molar-refractivity contribution in [3.8, 4) is 0 Å². The van der Waals surface area contributed by atoms with Crippen molar-refractivity contribution in [2.24, 2.45) is 5.92 Å². The molecule has 0 bridgehead atoms. The lowest BCUT2D eigenvalue weighted by Gasteiger charge is -2.13. The van der Waals surface area contributed by atoms with Gasteiger partial charge in [-0.2, -0.15) is 0 Å². The maximum absolute atomic E-state index is 5.99. The van der Waals surface area contributed by atoms with E-state index in [2.05, 4.69) is 24.5 Å². The lowest BCUT2D eigenvalue weighted by molar-refractivity contribution is 0.627. The molecule has 0 heterocycles. The smallest absolute Gasteiger partial charge is 0.170 e. The minimum absolute atomic E-state index is 0.537. The van der Waals surface area contributed by atoms with Gasteiger partial charge in [-0.25, -0.2) is 0 Å². The van der Waals surface area contributed by atoms with Crippen LogP contribution >= 0.6 is 35.4 Å². The topological polar surface area (TPSA) is 24.1 Å². The Morgan fingerprint density at radius 1 is 1.38 bits per heavy atom. The van der Waals surface area contributed by atoms with Crippen LogP contribution in [0.3, 0.4) is 0 Å². The molecule has 2 nitrogen and oxygen atoms in total. The Morgan fingerprint density at radius 3 is 2.69 bits per heavy atom. The Morgan fingerprint density at radius 2 is 2.06 bits per heavy atom. The summed E-state index contributed by atoms with van der Waals surface area (Å²) >= 11 is 17.0. The third-order valence-electron chi connectivity index (χ3n) is 1.85. The highest BCUT2D eigenvalue weighted by atomic mass is 35.5. The Balaban J connectivity index is 2.59. The maximum atomic E-state index is 5.99. The quantitative estimate of drug-likeness (QED) is 0.818. The van der Waals surface area contributed by atoms with Gasteiger partial charge in [0.2, 0.25) is 0 Å². The third-order valence-corrected chi connectivity index (χ3v) is 2.66. The molecule has 0 aromatic heterocycles. The van der Waals surface area contributed by atoms with Gasteiger partial charge in [0.05, 0.1) is 10.7 Å². The Hall–Kier alpha value is -0.510. The van der Waals surface area contributed by atoms with Crippen LogP contribution in [0.25, 0.3) is 0 Å². The minimum Gasteiger partial charge on any atom is -0.362 e. The lowest BCUT2D eigenvalue weighted by Crippen LogP contribution is -2.31. The highest BCUT2D eigenvalue weighted by Gasteiger charge is 2.03. The van der Waals surface area contributed by atoms with Crippen molar-refractivity contribution in [1.82, 2.24) is 5.32 Å². The monoisotopic (exact) mass is 276 g/mol. The van der Waals surface area contributed by atoms with Gasteiger partial charge in [-0.3, -0.25) is 0 Å². The summed E-state index contributed by atoms with van der Waals surface area (Å²) in [6.07, 6.45) is 0. The van der Waals surface area contributed by atoms with E-state index < -0.39 is 0 Å². The van der Waals surface area contributed by atoms with Crippen molar-refractivity contribution < 1.29 is 0 Å². The van der Waals surface area contributed by atoms with E-state index in [-0.39, 0.29) is 0 Å². The molecule has 0 spiro atoms. The molecule has 0 saturated carbocycles. The molecule has 0 aliphatic rings. The molecule has 0 aliphatic heterocycles. The van der Waals surface area contributed by atoms with Crippen molar-refractivity contribution in [2.75, 3.05) is 11.9 Å². The molecule has 0 radical (unpaired) electrons. The number of anilines is 1. The normalized spacial score (nSPS) is 10.3. The van der Waals surface area contributed by atoms with Crippen LogP contribution in [0.2, 0.25) is 10.0 Å². The van der Waals surface area contributed by atoms with Crippen LogP contribution in [0.4, 0.5) is 5.69 Å². The van der Waals surface area contributed by atoms with Crippen molar-refractivity contribution in [3.63, 3.8) is 0 Å². The summed E-state index contributed by atoms with van der Waals surface area (Å²) in [7, 11) is 0. The fraction of sp³-hybridized carbons (Fsp3) is 0.364. The van der Waals surface area contributed by atoms with Gasteiger partial charge in [0.15, 0.2) is 5.11 Å². The lowest BCUT2D eigenvalue weighted by atomic mass is 10.2. The van der Waals surface area contributed by atoms with Crippen LogP contribution < -0.4 is 10.6 Å². The van der Waals surface area contributed by atoms with E-state index in [1.54, 1.807) is 18.2 Å². The first-order valence-corrected chi connectivity index (χ1v) is 6.15. The van der Waals surface area contributed by atoms with Gasteiger partial charge < -0.3 is 10.6 Å². The van der Waals surface area contributed by atoms with Crippen LogP contribution in [0.1, 0.15) is 13.8 Å². The number of hydrogen-bond acceptors (Lipinski definition) is 1. The van der Waals surface area contributed by atoms with Gasteiger partial charge in [0.1, 0.15) is 0 Å². The fourth-order valence-electron chi connectivity index (χ4n) is 1.06. The number of nitrogens with one attached hydrogen (secondary N) is 2. The molecule has 0 saturated heterocycles. The van der Waals surface area contributed by atoms with Crippen LogP contribution in [0.15, 0.2) is 18.2 Å². The molecule has 1 aromatic carbocycles.